The number of anilines is 10. The van der Waals surface area contributed by atoms with Gasteiger partial charge in [0.05, 0.1) is 11.9 Å². The summed E-state index contributed by atoms with van der Waals surface area (Å²) in [6.45, 7) is 16.9. The Kier molecular flexibility index (Phi) is 12.9. The third-order valence-electron chi connectivity index (χ3n) is 10.7. The Labute approximate surface area is 342 Å². The van der Waals surface area contributed by atoms with Gasteiger partial charge in [0.2, 0.25) is 11.9 Å². The maximum absolute atomic E-state index is 4.61. The zero-order valence-electron chi connectivity index (χ0n) is 34.5. The molecular formula is C45H55N13. The van der Waals surface area contributed by atoms with Crippen LogP contribution in [-0.2, 0) is 0 Å². The van der Waals surface area contributed by atoms with Crippen LogP contribution >= 0.6 is 0 Å². The minimum absolute atomic E-state index is 0.535. The van der Waals surface area contributed by atoms with Crippen LogP contribution in [0.5, 0.6) is 0 Å². The number of nitrogens with one attached hydrogen (secondary N) is 4. The maximum Gasteiger partial charge on any atom is 0.229 e. The molecule has 0 bridgehead atoms. The van der Waals surface area contributed by atoms with Gasteiger partial charge in [0.25, 0.3) is 0 Å². The summed E-state index contributed by atoms with van der Waals surface area (Å²) in [5.74, 6) is 3.63. The second-order valence-electron chi connectivity index (χ2n) is 15.2. The van der Waals surface area contributed by atoms with Crippen molar-refractivity contribution in [3.05, 3.63) is 126 Å². The van der Waals surface area contributed by atoms with E-state index < -0.39 is 0 Å². The lowest BCUT2D eigenvalue weighted by molar-refractivity contribution is 0.312. The molecule has 300 valence electrons. The van der Waals surface area contributed by atoms with Gasteiger partial charge in [0, 0.05) is 87.5 Å². The van der Waals surface area contributed by atoms with E-state index in [0.29, 0.717) is 11.9 Å². The Morgan fingerprint density at radius 1 is 0.431 bits per heavy atom. The quantitative estimate of drug-likeness (QED) is 0.107. The number of piperazine rings is 2. The first-order valence-corrected chi connectivity index (χ1v) is 20.0. The third-order valence-corrected chi connectivity index (χ3v) is 10.7. The molecule has 0 spiro atoms. The predicted molar refractivity (Wildman–Crippen MR) is 239 cm³/mol. The molecule has 2 fully saturated rings. The molecule has 4 N–H and O–H groups in total. The average Bonchev–Trinajstić information content (AvgIpc) is 3.23. The number of likely N-dealkylation sites (N-methyl/N-ethyl adjacent to an activating group) is 2. The van der Waals surface area contributed by atoms with Gasteiger partial charge in [0.15, 0.2) is 0 Å². The maximum atomic E-state index is 4.61. The Balaban J connectivity index is 0.000000177. The fraction of sp³-hybridized carbons (Fsp3) is 0.311. The molecule has 2 saturated heterocycles. The highest BCUT2D eigenvalue weighted by atomic mass is 15.3. The zero-order valence-corrected chi connectivity index (χ0v) is 34.5. The highest BCUT2D eigenvalue weighted by Crippen LogP contribution is 2.24. The fourth-order valence-corrected chi connectivity index (χ4v) is 6.67. The summed E-state index contributed by atoms with van der Waals surface area (Å²) in [5, 5.41) is 13.2. The van der Waals surface area contributed by atoms with Crippen LogP contribution in [0.1, 0.15) is 22.3 Å². The molecule has 6 aromatic rings. The van der Waals surface area contributed by atoms with Crippen molar-refractivity contribution in [2.24, 2.45) is 0 Å². The molecule has 2 aliphatic heterocycles. The molecular weight excluding hydrogens is 723 g/mol. The van der Waals surface area contributed by atoms with Gasteiger partial charge in [-0.15, -0.1) is 0 Å². The summed E-state index contributed by atoms with van der Waals surface area (Å²) in [5.41, 5.74) is 10.2. The summed E-state index contributed by atoms with van der Waals surface area (Å²) in [4.78, 5) is 31.9. The lowest BCUT2D eigenvalue weighted by Gasteiger charge is -2.34. The van der Waals surface area contributed by atoms with Gasteiger partial charge < -0.3 is 40.9 Å². The molecule has 58 heavy (non-hydrogen) atoms. The van der Waals surface area contributed by atoms with Crippen LogP contribution < -0.4 is 31.1 Å². The average molecular weight is 778 g/mol. The summed E-state index contributed by atoms with van der Waals surface area (Å²) in [7, 11) is 4.33. The van der Waals surface area contributed by atoms with E-state index in [1.54, 1.807) is 12.4 Å². The molecule has 13 heteroatoms. The van der Waals surface area contributed by atoms with Crippen LogP contribution in [-0.4, -0.2) is 101 Å². The predicted octanol–water partition coefficient (Wildman–Crippen LogP) is 8.06. The van der Waals surface area contributed by atoms with Gasteiger partial charge in [-0.05, 0) is 137 Å². The monoisotopic (exact) mass is 777 g/mol. The number of hydrogen-bond donors (Lipinski definition) is 4. The van der Waals surface area contributed by atoms with Crippen LogP contribution in [0.25, 0.3) is 0 Å². The molecule has 13 nitrogen and oxygen atoms in total. The van der Waals surface area contributed by atoms with Crippen LogP contribution in [0, 0.1) is 27.7 Å². The van der Waals surface area contributed by atoms with Gasteiger partial charge in [-0.3, -0.25) is 0 Å². The van der Waals surface area contributed by atoms with Crippen molar-refractivity contribution in [3.63, 3.8) is 0 Å². The Morgan fingerprint density at radius 2 is 0.897 bits per heavy atom. The lowest BCUT2D eigenvalue weighted by atomic mass is 10.1. The number of benzene rings is 3. The normalized spacial score (nSPS) is 14.7. The van der Waals surface area contributed by atoms with Crippen molar-refractivity contribution in [1.82, 2.24) is 34.7 Å². The lowest BCUT2D eigenvalue weighted by Crippen LogP contribution is -2.44. The molecule has 2 aliphatic rings. The van der Waals surface area contributed by atoms with Crippen molar-refractivity contribution >= 4 is 57.8 Å². The number of aryl methyl sites for hydroxylation is 4. The molecule has 3 aromatic carbocycles. The summed E-state index contributed by atoms with van der Waals surface area (Å²) >= 11 is 0. The molecule has 0 radical (unpaired) electrons. The summed E-state index contributed by atoms with van der Waals surface area (Å²) in [6, 6.07) is 28.9. The topological polar surface area (TPSA) is 126 Å². The first-order chi connectivity index (χ1) is 28.1. The molecule has 8 rings (SSSR count). The van der Waals surface area contributed by atoms with Crippen molar-refractivity contribution < 1.29 is 0 Å². The van der Waals surface area contributed by atoms with E-state index in [2.05, 4.69) is 168 Å². The van der Waals surface area contributed by atoms with Gasteiger partial charge in [-0.25, -0.2) is 15.0 Å². The summed E-state index contributed by atoms with van der Waals surface area (Å²) < 4.78 is 0. The van der Waals surface area contributed by atoms with Crippen molar-refractivity contribution in [2.75, 3.05) is 97.5 Å². The molecule has 0 aliphatic carbocycles. The van der Waals surface area contributed by atoms with Crippen LogP contribution in [0.15, 0.2) is 104 Å². The SMILES string of the molecule is Cc1ccc(Nc2ccnc(Nc3ccc(N4CCN(C)CC4)cc3)n2)cc1C.Cc1ccc(Nc2ccnc(Nc3ccc(N4CCN(C)CC4)nc3)n2)cc1C. The minimum Gasteiger partial charge on any atom is -0.369 e. The van der Waals surface area contributed by atoms with Crippen molar-refractivity contribution in [1.29, 1.82) is 0 Å². The van der Waals surface area contributed by atoms with E-state index in [0.717, 1.165) is 92.6 Å². The molecule has 0 atom stereocenters. The number of hydrogen-bond acceptors (Lipinski definition) is 13. The minimum atomic E-state index is 0.535. The second kappa shape index (κ2) is 18.8. The fourth-order valence-electron chi connectivity index (χ4n) is 6.67. The van der Waals surface area contributed by atoms with E-state index in [-0.39, 0.29) is 0 Å². The van der Waals surface area contributed by atoms with Gasteiger partial charge in [0.1, 0.15) is 17.5 Å². The van der Waals surface area contributed by atoms with Gasteiger partial charge >= 0.3 is 0 Å². The van der Waals surface area contributed by atoms with E-state index >= 15 is 0 Å². The Hall–Kier alpha value is -6.31. The molecule has 3 aromatic heterocycles. The molecule has 0 saturated carbocycles. The van der Waals surface area contributed by atoms with Crippen LogP contribution in [0.4, 0.5) is 57.8 Å². The van der Waals surface area contributed by atoms with E-state index in [9.17, 15) is 0 Å². The molecule has 5 heterocycles. The second-order valence-corrected chi connectivity index (χ2v) is 15.2. The van der Waals surface area contributed by atoms with E-state index in [1.165, 1.54) is 27.9 Å². The Morgan fingerprint density at radius 3 is 1.38 bits per heavy atom. The summed E-state index contributed by atoms with van der Waals surface area (Å²) in [6.07, 6.45) is 5.34. The first kappa shape index (κ1) is 39.9. The number of nitrogens with zero attached hydrogens (tertiary/aromatic N) is 9. The Bertz CT molecular complexity index is 2090. The number of aromatic nitrogens is 5. The van der Waals surface area contributed by atoms with Gasteiger partial charge in [-0.1, -0.05) is 12.1 Å². The van der Waals surface area contributed by atoms with Crippen LogP contribution in [0.2, 0.25) is 0 Å². The zero-order chi connectivity index (χ0) is 40.4. The standard InChI is InChI=1S/C23H28N6.C22H27N7/c1-17-4-5-20(16-18(17)2)25-22-10-11-24-23(27-22)26-19-6-8-21(9-7-19)29-14-12-28(3)13-15-29;1-16-4-5-18(14-17(16)2)25-20-8-9-23-22(27-20)26-19-6-7-21(24-15-19)29-12-10-28(3)11-13-29/h4-11,16H,12-15H2,1-3H3,(H2,24,25,26,27);4-9,14-15H,10-13H2,1-3H3,(H2,23,25,26,27). The highest BCUT2D eigenvalue weighted by Gasteiger charge is 2.16. The first-order valence-electron chi connectivity index (χ1n) is 20.0. The highest BCUT2D eigenvalue weighted by molar-refractivity contribution is 5.63. The molecule has 0 amide bonds. The van der Waals surface area contributed by atoms with Crippen molar-refractivity contribution in [3.8, 4) is 0 Å². The smallest absolute Gasteiger partial charge is 0.229 e. The van der Waals surface area contributed by atoms with Crippen LogP contribution in [0.3, 0.4) is 0 Å². The van der Waals surface area contributed by atoms with Crippen molar-refractivity contribution in [2.45, 2.75) is 27.7 Å². The number of pyridine rings is 1. The number of rotatable bonds is 10. The third kappa shape index (κ3) is 11.0. The van der Waals surface area contributed by atoms with E-state index in [1.807, 2.05) is 30.5 Å². The largest absolute Gasteiger partial charge is 0.369 e. The molecule has 0 unspecified atom stereocenters. The van der Waals surface area contributed by atoms with E-state index in [4.69, 9.17) is 0 Å². The van der Waals surface area contributed by atoms with Gasteiger partial charge in [-0.2, -0.15) is 9.97 Å².